The Kier molecular flexibility index (Phi) is 3.55. The van der Waals surface area contributed by atoms with Crippen LogP contribution in [0.1, 0.15) is 5.56 Å². The Hall–Kier alpha value is -1.98. The van der Waals surface area contributed by atoms with Crippen LogP contribution >= 0.6 is 0 Å². The third-order valence-corrected chi connectivity index (χ3v) is 3.28. The molecule has 0 saturated heterocycles. The van der Waals surface area contributed by atoms with Gasteiger partial charge in [0.05, 0.1) is 5.69 Å². The SMILES string of the molecule is NS(=O)(=O)c1ccccc1N=Cc1ccccc1. The summed E-state index contributed by atoms with van der Waals surface area (Å²) in [4.78, 5) is 4.18. The Morgan fingerprint density at radius 2 is 1.56 bits per heavy atom. The number of sulfonamides is 1. The van der Waals surface area contributed by atoms with Gasteiger partial charge in [0.1, 0.15) is 4.90 Å². The fourth-order valence-corrected chi connectivity index (χ4v) is 2.17. The molecule has 0 unspecified atom stereocenters. The zero-order valence-electron chi connectivity index (χ0n) is 9.52. The number of benzene rings is 2. The smallest absolute Gasteiger partial charge is 0.240 e. The zero-order valence-corrected chi connectivity index (χ0v) is 10.3. The van der Waals surface area contributed by atoms with Crippen molar-refractivity contribution in [2.75, 3.05) is 0 Å². The third kappa shape index (κ3) is 3.03. The van der Waals surface area contributed by atoms with Gasteiger partial charge in [-0.05, 0) is 17.7 Å². The summed E-state index contributed by atoms with van der Waals surface area (Å²) < 4.78 is 22.7. The zero-order chi connectivity index (χ0) is 13.0. The molecule has 18 heavy (non-hydrogen) atoms. The molecule has 0 bridgehead atoms. The first-order valence-electron chi connectivity index (χ1n) is 5.28. The predicted octanol–water partition coefficient (Wildman–Crippen LogP) is 2.08. The summed E-state index contributed by atoms with van der Waals surface area (Å²) in [6.45, 7) is 0. The Labute approximate surface area is 106 Å². The molecule has 2 aromatic rings. The van der Waals surface area contributed by atoms with Crippen LogP contribution in [0.25, 0.3) is 0 Å². The quantitative estimate of drug-likeness (QED) is 0.858. The summed E-state index contributed by atoms with van der Waals surface area (Å²) in [5.41, 5.74) is 1.23. The highest BCUT2D eigenvalue weighted by Gasteiger charge is 2.11. The van der Waals surface area contributed by atoms with E-state index in [1.807, 2.05) is 30.3 Å². The van der Waals surface area contributed by atoms with E-state index in [1.54, 1.807) is 24.4 Å². The lowest BCUT2D eigenvalue weighted by Crippen LogP contribution is -2.12. The van der Waals surface area contributed by atoms with Crippen molar-refractivity contribution in [2.24, 2.45) is 10.1 Å². The molecule has 0 radical (unpaired) electrons. The van der Waals surface area contributed by atoms with Crippen molar-refractivity contribution in [2.45, 2.75) is 4.90 Å². The van der Waals surface area contributed by atoms with Gasteiger partial charge >= 0.3 is 0 Å². The van der Waals surface area contributed by atoms with Crippen molar-refractivity contribution in [3.63, 3.8) is 0 Å². The molecule has 0 aliphatic rings. The van der Waals surface area contributed by atoms with Gasteiger partial charge < -0.3 is 0 Å². The summed E-state index contributed by atoms with van der Waals surface area (Å²) in [5, 5.41) is 5.12. The second kappa shape index (κ2) is 5.12. The standard InChI is InChI=1S/C13H12N2O2S/c14-18(16,17)13-9-5-4-8-12(13)15-10-11-6-2-1-3-7-11/h1-10H,(H2,14,16,17). The number of primary sulfonamides is 1. The molecule has 2 aromatic carbocycles. The molecule has 0 saturated carbocycles. The highest BCUT2D eigenvalue weighted by atomic mass is 32.2. The summed E-state index contributed by atoms with van der Waals surface area (Å²) in [6, 6.07) is 15.8. The maximum absolute atomic E-state index is 11.4. The number of nitrogens with zero attached hydrogens (tertiary/aromatic N) is 1. The van der Waals surface area contributed by atoms with Gasteiger partial charge in [0, 0.05) is 6.21 Å². The van der Waals surface area contributed by atoms with Crippen molar-refractivity contribution >= 4 is 21.9 Å². The fraction of sp³-hybridized carbons (Fsp3) is 0. The summed E-state index contributed by atoms with van der Waals surface area (Å²) in [5.74, 6) is 0. The second-order valence-electron chi connectivity index (χ2n) is 3.68. The first-order chi connectivity index (χ1) is 8.57. The van der Waals surface area contributed by atoms with Gasteiger partial charge in [-0.25, -0.2) is 13.6 Å². The molecular weight excluding hydrogens is 248 g/mol. The van der Waals surface area contributed by atoms with Gasteiger partial charge in [-0.2, -0.15) is 0 Å². The van der Waals surface area contributed by atoms with Crippen molar-refractivity contribution in [3.05, 3.63) is 60.2 Å². The third-order valence-electron chi connectivity index (χ3n) is 2.32. The predicted molar refractivity (Wildman–Crippen MR) is 71.5 cm³/mol. The van der Waals surface area contributed by atoms with E-state index in [1.165, 1.54) is 6.07 Å². The van der Waals surface area contributed by atoms with Crippen LogP contribution in [0.4, 0.5) is 5.69 Å². The van der Waals surface area contributed by atoms with E-state index in [2.05, 4.69) is 4.99 Å². The van der Waals surface area contributed by atoms with Crippen LogP contribution in [0.5, 0.6) is 0 Å². The minimum absolute atomic E-state index is 0.0252. The van der Waals surface area contributed by atoms with Crippen LogP contribution in [-0.2, 0) is 10.0 Å². The molecule has 0 aromatic heterocycles. The molecule has 0 fully saturated rings. The minimum Gasteiger partial charge on any atom is -0.255 e. The number of nitrogens with two attached hydrogens (primary N) is 1. The van der Waals surface area contributed by atoms with Crippen LogP contribution in [0.15, 0.2) is 64.5 Å². The van der Waals surface area contributed by atoms with Gasteiger partial charge in [-0.1, -0.05) is 42.5 Å². The summed E-state index contributed by atoms with van der Waals surface area (Å²) >= 11 is 0. The topological polar surface area (TPSA) is 72.5 Å². The number of hydrogen-bond acceptors (Lipinski definition) is 3. The average molecular weight is 260 g/mol. The summed E-state index contributed by atoms with van der Waals surface area (Å²) in [6.07, 6.45) is 1.60. The van der Waals surface area contributed by atoms with Gasteiger partial charge in [-0.15, -0.1) is 0 Å². The van der Waals surface area contributed by atoms with Crippen molar-refractivity contribution in [1.29, 1.82) is 0 Å². The van der Waals surface area contributed by atoms with Gasteiger partial charge in [0.25, 0.3) is 0 Å². The van der Waals surface area contributed by atoms with Crippen LogP contribution in [-0.4, -0.2) is 14.6 Å². The van der Waals surface area contributed by atoms with E-state index in [4.69, 9.17) is 5.14 Å². The first kappa shape index (κ1) is 12.5. The summed E-state index contributed by atoms with van der Waals surface area (Å²) in [7, 11) is -3.75. The van der Waals surface area contributed by atoms with Crippen LogP contribution in [0, 0.1) is 0 Å². The van der Waals surface area contributed by atoms with Crippen LogP contribution in [0.3, 0.4) is 0 Å². The molecule has 5 heteroatoms. The second-order valence-corrected chi connectivity index (χ2v) is 5.21. The van der Waals surface area contributed by atoms with Crippen LogP contribution < -0.4 is 5.14 Å². The van der Waals surface area contributed by atoms with Crippen molar-refractivity contribution < 1.29 is 8.42 Å². The molecule has 0 heterocycles. The van der Waals surface area contributed by atoms with E-state index in [-0.39, 0.29) is 4.90 Å². The first-order valence-corrected chi connectivity index (χ1v) is 6.83. The highest BCUT2D eigenvalue weighted by Crippen LogP contribution is 2.22. The van der Waals surface area contributed by atoms with E-state index < -0.39 is 10.0 Å². The Bertz CT molecular complexity index is 664. The minimum atomic E-state index is -3.75. The van der Waals surface area contributed by atoms with Gasteiger partial charge in [0.15, 0.2) is 0 Å². The molecule has 4 nitrogen and oxygen atoms in total. The molecule has 0 amide bonds. The van der Waals surface area contributed by atoms with Crippen LogP contribution in [0.2, 0.25) is 0 Å². The molecular formula is C13H12N2O2S. The molecule has 0 spiro atoms. The lowest BCUT2D eigenvalue weighted by atomic mass is 10.2. The molecule has 2 rings (SSSR count). The van der Waals surface area contributed by atoms with Gasteiger partial charge in [0.2, 0.25) is 10.0 Å². The van der Waals surface area contributed by atoms with E-state index in [9.17, 15) is 8.42 Å². The van der Waals surface area contributed by atoms with E-state index in [0.717, 1.165) is 5.56 Å². The monoisotopic (exact) mass is 260 g/mol. The number of rotatable bonds is 3. The van der Waals surface area contributed by atoms with Gasteiger partial charge in [-0.3, -0.25) is 4.99 Å². The molecule has 0 aliphatic carbocycles. The normalized spacial score (nSPS) is 11.8. The molecule has 92 valence electrons. The molecule has 0 atom stereocenters. The molecule has 0 aliphatic heterocycles. The number of hydrogen-bond donors (Lipinski definition) is 1. The van der Waals surface area contributed by atoms with E-state index >= 15 is 0 Å². The van der Waals surface area contributed by atoms with E-state index in [0.29, 0.717) is 5.69 Å². The lowest BCUT2D eigenvalue weighted by molar-refractivity contribution is 0.598. The Morgan fingerprint density at radius 3 is 2.22 bits per heavy atom. The maximum atomic E-state index is 11.4. The van der Waals surface area contributed by atoms with Crippen molar-refractivity contribution in [3.8, 4) is 0 Å². The largest absolute Gasteiger partial charge is 0.255 e. The fourth-order valence-electron chi connectivity index (χ4n) is 1.49. The number of aliphatic imine (C=N–C) groups is 1. The molecule has 2 N–H and O–H groups in total. The maximum Gasteiger partial charge on any atom is 0.240 e. The number of para-hydroxylation sites is 1. The Morgan fingerprint density at radius 1 is 0.944 bits per heavy atom. The Balaban J connectivity index is 2.39. The average Bonchev–Trinajstić information content (AvgIpc) is 2.37. The lowest BCUT2D eigenvalue weighted by Gasteiger charge is -2.02. The highest BCUT2D eigenvalue weighted by molar-refractivity contribution is 7.89. The van der Waals surface area contributed by atoms with Crippen molar-refractivity contribution in [1.82, 2.24) is 0 Å².